The summed E-state index contributed by atoms with van der Waals surface area (Å²) >= 11 is 12.2. The van der Waals surface area contributed by atoms with Gasteiger partial charge in [0.05, 0.1) is 17.3 Å². The summed E-state index contributed by atoms with van der Waals surface area (Å²) in [5, 5.41) is 4.36. The number of anilines is 1. The number of benzene rings is 2. The number of thiocarbonyl (C=S) groups is 1. The Morgan fingerprint density at radius 2 is 1.87 bits per heavy atom. The number of amides is 1. The van der Waals surface area contributed by atoms with Crippen LogP contribution in [0.2, 0.25) is 5.02 Å². The van der Waals surface area contributed by atoms with E-state index >= 15 is 0 Å². The largest absolute Gasteiger partial charge is 0.486 e. The van der Waals surface area contributed by atoms with E-state index < -0.39 is 6.04 Å². The highest BCUT2D eigenvalue weighted by Gasteiger charge is 2.36. The van der Waals surface area contributed by atoms with Gasteiger partial charge in [-0.1, -0.05) is 29.8 Å². The van der Waals surface area contributed by atoms with Crippen LogP contribution in [0.1, 0.15) is 18.5 Å². The molecule has 2 aliphatic heterocycles. The Bertz CT molecular complexity index is 1050. The molecule has 2 heterocycles. The number of hydrogen-bond acceptors (Lipinski definition) is 4. The van der Waals surface area contributed by atoms with Crippen molar-refractivity contribution in [2.24, 2.45) is 0 Å². The number of hydrogen-bond donors (Lipinski definition) is 1. The molecule has 0 fully saturated rings. The normalized spacial score (nSPS) is 18.2. The Morgan fingerprint density at radius 1 is 1.17 bits per heavy atom. The molecule has 0 bridgehead atoms. The van der Waals surface area contributed by atoms with Crippen molar-refractivity contribution in [3.8, 4) is 11.5 Å². The average molecular weight is 444 g/mol. The highest BCUT2D eigenvalue weighted by Crippen LogP contribution is 2.39. The molecule has 0 radical (unpaired) electrons. The minimum Gasteiger partial charge on any atom is -0.486 e. The van der Waals surface area contributed by atoms with Crippen LogP contribution < -0.4 is 19.7 Å². The summed E-state index contributed by atoms with van der Waals surface area (Å²) in [5.41, 5.74) is 2.90. The third-order valence-electron chi connectivity index (χ3n) is 5.12. The van der Waals surface area contributed by atoms with Crippen molar-refractivity contribution in [1.29, 1.82) is 0 Å². The highest BCUT2D eigenvalue weighted by atomic mass is 35.5. The number of allylic oxidation sites excluding steroid dienone is 1. The van der Waals surface area contributed by atoms with Gasteiger partial charge in [0.25, 0.3) is 5.91 Å². The predicted octanol–water partition coefficient (Wildman–Crippen LogP) is 3.91. The van der Waals surface area contributed by atoms with Gasteiger partial charge in [-0.25, -0.2) is 0 Å². The number of nitrogens with zero attached hydrogens (tertiary/aromatic N) is 2. The number of ether oxygens (including phenoxy) is 2. The smallest absolute Gasteiger partial charge is 0.253 e. The lowest BCUT2D eigenvalue weighted by Crippen LogP contribution is -2.49. The summed E-state index contributed by atoms with van der Waals surface area (Å²) < 4.78 is 11.3. The van der Waals surface area contributed by atoms with Crippen molar-refractivity contribution in [3.63, 3.8) is 0 Å². The van der Waals surface area contributed by atoms with E-state index in [0.717, 1.165) is 16.9 Å². The monoisotopic (exact) mass is 443 g/mol. The molecule has 0 spiro atoms. The lowest BCUT2D eigenvalue weighted by Gasteiger charge is -2.39. The summed E-state index contributed by atoms with van der Waals surface area (Å²) in [6.07, 6.45) is 0. The number of carbonyl (C=O) groups is 1. The van der Waals surface area contributed by atoms with Crippen LogP contribution in [0.4, 0.5) is 5.69 Å². The number of fused-ring (bicyclic) bond motifs is 1. The molecule has 0 unspecified atom stereocenters. The van der Waals surface area contributed by atoms with E-state index in [9.17, 15) is 4.79 Å². The van der Waals surface area contributed by atoms with E-state index in [4.69, 9.17) is 33.3 Å². The van der Waals surface area contributed by atoms with Crippen LogP contribution in [0.5, 0.6) is 11.5 Å². The summed E-state index contributed by atoms with van der Waals surface area (Å²) in [5.74, 6) is 1.24. The molecular weight excluding hydrogens is 422 g/mol. The van der Waals surface area contributed by atoms with Crippen LogP contribution in [0, 0.1) is 0 Å². The van der Waals surface area contributed by atoms with E-state index in [1.165, 1.54) is 0 Å². The van der Waals surface area contributed by atoms with Gasteiger partial charge in [0.1, 0.15) is 13.2 Å². The second kappa shape index (κ2) is 8.16. The molecule has 8 heteroatoms. The lowest BCUT2D eigenvalue weighted by atomic mass is 9.93. The summed E-state index contributed by atoms with van der Waals surface area (Å²) in [4.78, 5) is 16.6. The first kappa shape index (κ1) is 20.5. The first-order chi connectivity index (χ1) is 14.4. The molecule has 156 valence electrons. The Morgan fingerprint density at radius 3 is 2.57 bits per heavy atom. The number of nitrogens with one attached hydrogen (secondary N) is 1. The molecule has 4 rings (SSSR count). The molecule has 2 aromatic rings. The van der Waals surface area contributed by atoms with Crippen molar-refractivity contribution in [3.05, 3.63) is 64.3 Å². The van der Waals surface area contributed by atoms with Crippen LogP contribution in [0.25, 0.3) is 0 Å². The molecule has 0 aromatic heterocycles. The highest BCUT2D eigenvalue weighted by molar-refractivity contribution is 7.80. The van der Waals surface area contributed by atoms with Crippen molar-refractivity contribution in [1.82, 2.24) is 10.2 Å². The third-order valence-corrected chi connectivity index (χ3v) is 5.77. The Hall–Kier alpha value is -2.77. The molecule has 6 nitrogen and oxygen atoms in total. The third kappa shape index (κ3) is 3.59. The van der Waals surface area contributed by atoms with Gasteiger partial charge in [0.2, 0.25) is 0 Å². The standard InChI is InChI=1S/C22H22ClN3O3S/c1-13-19(21(27)25(2)3)20(15-6-4-5-7-16(15)23)24-22(30)26(13)14-8-9-17-18(12-14)29-11-10-28-17/h4-9,12,20H,10-11H2,1-3H3,(H,24,30)/t20-/m0/s1. The first-order valence-electron chi connectivity index (χ1n) is 9.55. The summed E-state index contributed by atoms with van der Waals surface area (Å²) in [7, 11) is 3.46. The predicted molar refractivity (Wildman–Crippen MR) is 121 cm³/mol. The molecule has 0 saturated carbocycles. The van der Waals surface area contributed by atoms with Crippen molar-refractivity contribution in [2.75, 3.05) is 32.2 Å². The van der Waals surface area contributed by atoms with E-state index in [2.05, 4.69) is 5.32 Å². The van der Waals surface area contributed by atoms with Gasteiger partial charge in [-0.05, 0) is 42.9 Å². The zero-order valence-electron chi connectivity index (χ0n) is 16.9. The zero-order chi connectivity index (χ0) is 21.4. The fourth-order valence-electron chi connectivity index (χ4n) is 3.69. The number of carbonyl (C=O) groups excluding carboxylic acids is 1. The van der Waals surface area contributed by atoms with Crippen LogP contribution in [0.15, 0.2) is 53.7 Å². The van der Waals surface area contributed by atoms with Crippen molar-refractivity contribution < 1.29 is 14.3 Å². The minimum absolute atomic E-state index is 0.116. The van der Waals surface area contributed by atoms with Crippen LogP contribution in [-0.4, -0.2) is 43.2 Å². The summed E-state index contributed by atoms with van der Waals surface area (Å²) in [6, 6.07) is 12.6. The Kier molecular flexibility index (Phi) is 5.58. The zero-order valence-corrected chi connectivity index (χ0v) is 18.5. The molecule has 2 aliphatic rings. The first-order valence-corrected chi connectivity index (χ1v) is 10.3. The lowest BCUT2D eigenvalue weighted by molar-refractivity contribution is -0.125. The molecule has 2 aromatic carbocycles. The van der Waals surface area contributed by atoms with Gasteiger partial charge in [-0.3, -0.25) is 9.69 Å². The maximum atomic E-state index is 13.2. The maximum absolute atomic E-state index is 13.2. The number of rotatable bonds is 3. The van der Waals surface area contributed by atoms with Crippen molar-refractivity contribution in [2.45, 2.75) is 13.0 Å². The van der Waals surface area contributed by atoms with Gasteiger partial charge < -0.3 is 19.7 Å². The molecule has 30 heavy (non-hydrogen) atoms. The Labute approximate surface area is 186 Å². The fourth-order valence-corrected chi connectivity index (χ4v) is 4.29. The molecule has 0 saturated heterocycles. The Balaban J connectivity index is 1.84. The van der Waals surface area contributed by atoms with E-state index in [1.54, 1.807) is 19.0 Å². The van der Waals surface area contributed by atoms with E-state index in [0.29, 0.717) is 40.4 Å². The van der Waals surface area contributed by atoms with Crippen LogP contribution >= 0.6 is 23.8 Å². The number of halogens is 1. The minimum atomic E-state index is -0.449. The molecule has 1 N–H and O–H groups in total. The van der Waals surface area contributed by atoms with Gasteiger partial charge in [-0.15, -0.1) is 0 Å². The molecule has 1 atom stereocenters. The second-order valence-electron chi connectivity index (χ2n) is 7.27. The topological polar surface area (TPSA) is 54.0 Å². The molecule has 0 aliphatic carbocycles. The van der Waals surface area contributed by atoms with E-state index in [1.807, 2.05) is 54.3 Å². The van der Waals surface area contributed by atoms with Crippen LogP contribution in [0.3, 0.4) is 0 Å². The SMILES string of the molecule is CC1=C(C(=O)N(C)C)[C@H](c2ccccc2Cl)NC(=S)N1c1ccc2c(c1)OCCO2. The number of likely N-dealkylation sites (N-methyl/N-ethyl adjacent to an activating group) is 1. The quantitative estimate of drug-likeness (QED) is 0.726. The van der Waals surface area contributed by atoms with Crippen LogP contribution in [-0.2, 0) is 4.79 Å². The molecule has 1 amide bonds. The van der Waals surface area contributed by atoms with Gasteiger partial charge in [0.15, 0.2) is 16.6 Å². The van der Waals surface area contributed by atoms with Gasteiger partial charge >= 0.3 is 0 Å². The fraction of sp³-hybridized carbons (Fsp3) is 0.273. The molecular formula is C22H22ClN3O3S. The van der Waals surface area contributed by atoms with Gasteiger partial charge in [-0.2, -0.15) is 0 Å². The van der Waals surface area contributed by atoms with E-state index in [-0.39, 0.29) is 5.91 Å². The van der Waals surface area contributed by atoms with Gasteiger partial charge in [0, 0.05) is 30.9 Å². The second-order valence-corrected chi connectivity index (χ2v) is 8.06. The van der Waals surface area contributed by atoms with Crippen molar-refractivity contribution >= 4 is 40.5 Å². The maximum Gasteiger partial charge on any atom is 0.253 e. The summed E-state index contributed by atoms with van der Waals surface area (Å²) in [6.45, 7) is 2.91. The average Bonchev–Trinajstić information content (AvgIpc) is 2.73.